The Morgan fingerprint density at radius 2 is 2.00 bits per heavy atom. The number of carbonyl (C=O) groups is 1. The van der Waals surface area contributed by atoms with E-state index in [9.17, 15) is 4.79 Å². The number of nitrogens with one attached hydrogen (secondary N) is 1. The number of carbonyl (C=O) groups excluding carboxylic acids is 1. The molecule has 2 saturated carbocycles. The van der Waals surface area contributed by atoms with Gasteiger partial charge < -0.3 is 10.2 Å². The van der Waals surface area contributed by atoms with Crippen molar-refractivity contribution in [2.24, 2.45) is 11.8 Å². The van der Waals surface area contributed by atoms with Gasteiger partial charge in [0, 0.05) is 29.5 Å². The normalized spacial score (nSPS) is 28.0. The number of likely N-dealkylation sites (tertiary alicyclic amines) is 1. The standard InChI is InChI=1S/C19H25BrN2O/c20-15-3-1-2-14(10-15)17-11-18(17)19(23)22-8-6-16(7-9-22)21-12-13-4-5-13/h1-3,10,13,16-18,21H,4-9,11-12H2. The van der Waals surface area contributed by atoms with Crippen LogP contribution in [0.1, 0.15) is 43.6 Å². The Morgan fingerprint density at radius 1 is 1.22 bits per heavy atom. The number of nitrogens with zero attached hydrogens (tertiary/aromatic N) is 1. The molecular formula is C19H25BrN2O. The number of amides is 1. The van der Waals surface area contributed by atoms with Crippen LogP contribution in [0.3, 0.4) is 0 Å². The third kappa shape index (κ3) is 3.80. The molecule has 1 N–H and O–H groups in total. The topological polar surface area (TPSA) is 32.3 Å². The van der Waals surface area contributed by atoms with Gasteiger partial charge in [0.1, 0.15) is 0 Å². The van der Waals surface area contributed by atoms with E-state index in [0.29, 0.717) is 17.9 Å². The molecule has 2 unspecified atom stereocenters. The molecule has 0 radical (unpaired) electrons. The first-order valence-corrected chi connectivity index (χ1v) is 9.77. The molecule has 1 amide bonds. The quantitative estimate of drug-likeness (QED) is 0.851. The molecule has 23 heavy (non-hydrogen) atoms. The van der Waals surface area contributed by atoms with Crippen LogP contribution in [-0.4, -0.2) is 36.5 Å². The summed E-state index contributed by atoms with van der Waals surface area (Å²) < 4.78 is 1.11. The van der Waals surface area contributed by atoms with Crippen molar-refractivity contribution >= 4 is 21.8 Å². The van der Waals surface area contributed by atoms with Gasteiger partial charge >= 0.3 is 0 Å². The molecule has 1 aliphatic heterocycles. The van der Waals surface area contributed by atoms with Crippen LogP contribution >= 0.6 is 15.9 Å². The number of benzene rings is 1. The molecule has 1 aromatic carbocycles. The molecule has 4 heteroatoms. The lowest BCUT2D eigenvalue weighted by molar-refractivity contribution is -0.133. The third-order valence-corrected chi connectivity index (χ3v) is 6.08. The monoisotopic (exact) mass is 376 g/mol. The smallest absolute Gasteiger partial charge is 0.226 e. The van der Waals surface area contributed by atoms with Gasteiger partial charge in [-0.2, -0.15) is 0 Å². The Balaban J connectivity index is 1.26. The molecular weight excluding hydrogens is 352 g/mol. The highest BCUT2D eigenvalue weighted by atomic mass is 79.9. The zero-order chi connectivity index (χ0) is 15.8. The summed E-state index contributed by atoms with van der Waals surface area (Å²) in [7, 11) is 0. The zero-order valence-electron chi connectivity index (χ0n) is 13.5. The van der Waals surface area contributed by atoms with Crippen LogP contribution in [0.15, 0.2) is 28.7 Å². The largest absolute Gasteiger partial charge is 0.342 e. The molecule has 2 aliphatic carbocycles. The van der Waals surface area contributed by atoms with E-state index >= 15 is 0 Å². The summed E-state index contributed by atoms with van der Waals surface area (Å²) in [5.74, 6) is 1.98. The highest BCUT2D eigenvalue weighted by Crippen LogP contribution is 2.49. The van der Waals surface area contributed by atoms with Crippen LogP contribution in [0.2, 0.25) is 0 Å². The number of hydrogen-bond acceptors (Lipinski definition) is 2. The second-order valence-corrected chi connectivity index (χ2v) is 8.37. The van der Waals surface area contributed by atoms with Crippen LogP contribution in [0.4, 0.5) is 0 Å². The van der Waals surface area contributed by atoms with E-state index in [1.165, 1.54) is 24.9 Å². The minimum Gasteiger partial charge on any atom is -0.342 e. The lowest BCUT2D eigenvalue weighted by atomic mass is 10.0. The van der Waals surface area contributed by atoms with Crippen molar-refractivity contribution in [1.82, 2.24) is 10.2 Å². The average Bonchev–Trinajstić information content (AvgIpc) is 3.47. The first-order chi connectivity index (χ1) is 11.2. The Kier molecular flexibility index (Phi) is 4.46. The lowest BCUT2D eigenvalue weighted by Gasteiger charge is -2.33. The highest BCUT2D eigenvalue weighted by Gasteiger charge is 2.46. The van der Waals surface area contributed by atoms with Crippen LogP contribution < -0.4 is 5.32 Å². The molecule has 3 fully saturated rings. The Hall–Kier alpha value is -0.870. The molecule has 0 spiro atoms. The molecule has 1 saturated heterocycles. The highest BCUT2D eigenvalue weighted by molar-refractivity contribution is 9.10. The maximum Gasteiger partial charge on any atom is 0.226 e. The van der Waals surface area contributed by atoms with Gasteiger partial charge in [0.25, 0.3) is 0 Å². The Bertz CT molecular complexity index is 578. The predicted octanol–water partition coefficient (Wildman–Crippen LogP) is 3.54. The van der Waals surface area contributed by atoms with Crippen molar-refractivity contribution in [3.05, 3.63) is 34.3 Å². The van der Waals surface area contributed by atoms with Crippen LogP contribution in [0.25, 0.3) is 0 Å². The molecule has 3 nitrogen and oxygen atoms in total. The SMILES string of the molecule is O=C(C1CC1c1cccc(Br)c1)N1CCC(NCC2CC2)CC1. The van der Waals surface area contributed by atoms with Crippen LogP contribution in [0.5, 0.6) is 0 Å². The van der Waals surface area contributed by atoms with E-state index in [-0.39, 0.29) is 5.92 Å². The Morgan fingerprint density at radius 3 is 2.70 bits per heavy atom. The summed E-state index contributed by atoms with van der Waals surface area (Å²) in [6, 6.07) is 9.04. The van der Waals surface area contributed by atoms with Crippen LogP contribution in [0, 0.1) is 11.8 Å². The van der Waals surface area contributed by atoms with Gasteiger partial charge in [-0.1, -0.05) is 28.1 Å². The first kappa shape index (κ1) is 15.6. The number of piperidine rings is 1. The van der Waals surface area contributed by atoms with E-state index in [1.807, 2.05) is 6.07 Å². The summed E-state index contributed by atoms with van der Waals surface area (Å²) in [5, 5.41) is 3.69. The molecule has 124 valence electrons. The fourth-order valence-electron chi connectivity index (χ4n) is 3.77. The van der Waals surface area contributed by atoms with Gasteiger partial charge in [0.15, 0.2) is 0 Å². The van der Waals surface area contributed by atoms with Crippen molar-refractivity contribution in [2.45, 2.75) is 44.1 Å². The molecule has 1 heterocycles. The first-order valence-electron chi connectivity index (χ1n) is 8.98. The fraction of sp³-hybridized carbons (Fsp3) is 0.632. The van der Waals surface area contributed by atoms with Crippen LogP contribution in [-0.2, 0) is 4.79 Å². The summed E-state index contributed by atoms with van der Waals surface area (Å²) in [5.41, 5.74) is 1.30. The molecule has 3 aliphatic rings. The number of hydrogen-bond donors (Lipinski definition) is 1. The lowest BCUT2D eigenvalue weighted by Crippen LogP contribution is -2.46. The summed E-state index contributed by atoms with van der Waals surface area (Å²) in [6.45, 7) is 3.05. The van der Waals surface area contributed by atoms with E-state index < -0.39 is 0 Å². The Labute approximate surface area is 146 Å². The number of rotatable bonds is 5. The second kappa shape index (κ2) is 6.56. The van der Waals surface area contributed by atoms with E-state index in [2.05, 4.69) is 44.3 Å². The van der Waals surface area contributed by atoms with Crippen molar-refractivity contribution in [3.8, 4) is 0 Å². The van der Waals surface area contributed by atoms with Gasteiger partial charge in [-0.3, -0.25) is 4.79 Å². The molecule has 1 aromatic rings. The van der Waals surface area contributed by atoms with Crippen molar-refractivity contribution < 1.29 is 4.79 Å². The van der Waals surface area contributed by atoms with Gasteiger partial charge in [-0.25, -0.2) is 0 Å². The van der Waals surface area contributed by atoms with E-state index in [4.69, 9.17) is 0 Å². The summed E-state index contributed by atoms with van der Waals surface area (Å²) in [4.78, 5) is 14.8. The third-order valence-electron chi connectivity index (χ3n) is 5.58. The maximum absolute atomic E-state index is 12.7. The second-order valence-electron chi connectivity index (χ2n) is 7.45. The minimum atomic E-state index is 0.222. The summed E-state index contributed by atoms with van der Waals surface area (Å²) >= 11 is 3.53. The van der Waals surface area contributed by atoms with Crippen molar-refractivity contribution in [2.75, 3.05) is 19.6 Å². The molecule has 0 aromatic heterocycles. The molecule has 0 bridgehead atoms. The number of halogens is 1. The van der Waals surface area contributed by atoms with Gasteiger partial charge in [0.05, 0.1) is 0 Å². The van der Waals surface area contributed by atoms with E-state index in [1.54, 1.807) is 0 Å². The molecule has 4 rings (SSSR count). The van der Waals surface area contributed by atoms with Gasteiger partial charge in [0.2, 0.25) is 5.91 Å². The zero-order valence-corrected chi connectivity index (χ0v) is 15.1. The van der Waals surface area contributed by atoms with E-state index in [0.717, 1.165) is 42.7 Å². The van der Waals surface area contributed by atoms with Crippen molar-refractivity contribution in [3.63, 3.8) is 0 Å². The maximum atomic E-state index is 12.7. The van der Waals surface area contributed by atoms with Crippen molar-refractivity contribution in [1.29, 1.82) is 0 Å². The predicted molar refractivity (Wildman–Crippen MR) is 95.3 cm³/mol. The fourth-order valence-corrected chi connectivity index (χ4v) is 4.18. The average molecular weight is 377 g/mol. The minimum absolute atomic E-state index is 0.222. The summed E-state index contributed by atoms with van der Waals surface area (Å²) in [6.07, 6.45) is 6.07. The van der Waals surface area contributed by atoms with Gasteiger partial charge in [-0.15, -0.1) is 0 Å². The van der Waals surface area contributed by atoms with Gasteiger partial charge in [-0.05, 0) is 68.2 Å². The molecule has 2 atom stereocenters.